The summed E-state index contributed by atoms with van der Waals surface area (Å²) in [7, 11) is -0.447. The number of methoxy groups -OCH3 is 2. The van der Waals surface area contributed by atoms with Crippen LogP contribution in [0, 0.1) is 5.82 Å². The van der Waals surface area contributed by atoms with Gasteiger partial charge >= 0.3 is 0 Å². The first-order valence-electron chi connectivity index (χ1n) is 8.63. The summed E-state index contributed by atoms with van der Waals surface area (Å²) in [5, 5.41) is 0. The molecule has 0 unspecified atom stereocenters. The van der Waals surface area contributed by atoms with Crippen molar-refractivity contribution in [1.82, 2.24) is 9.21 Å². The van der Waals surface area contributed by atoms with E-state index in [1.54, 1.807) is 37.4 Å². The molecule has 0 bridgehead atoms. The highest BCUT2D eigenvalue weighted by Gasteiger charge is 2.28. The molecule has 27 heavy (non-hydrogen) atoms. The van der Waals surface area contributed by atoms with Gasteiger partial charge in [-0.3, -0.25) is 4.90 Å². The van der Waals surface area contributed by atoms with Gasteiger partial charge in [-0.15, -0.1) is 0 Å². The van der Waals surface area contributed by atoms with Gasteiger partial charge in [-0.25, -0.2) is 12.8 Å². The van der Waals surface area contributed by atoms with Crippen molar-refractivity contribution >= 4 is 10.0 Å². The van der Waals surface area contributed by atoms with Crippen molar-refractivity contribution < 1.29 is 22.3 Å². The van der Waals surface area contributed by atoms with E-state index >= 15 is 0 Å². The largest absolute Gasteiger partial charge is 0.497 e. The molecule has 1 saturated heterocycles. The molecular formula is C19H23FN2O4S. The third-order valence-electron chi connectivity index (χ3n) is 4.66. The molecule has 1 aliphatic rings. The minimum Gasteiger partial charge on any atom is -0.497 e. The third-order valence-corrected chi connectivity index (χ3v) is 6.58. The first-order chi connectivity index (χ1) is 12.9. The summed E-state index contributed by atoms with van der Waals surface area (Å²) in [5.74, 6) is 0.930. The number of hydrogen-bond donors (Lipinski definition) is 0. The maximum atomic E-state index is 13.5. The minimum absolute atomic E-state index is 0.253. The molecule has 0 saturated carbocycles. The summed E-state index contributed by atoms with van der Waals surface area (Å²) in [5.41, 5.74) is 0.754. The number of sulfonamides is 1. The van der Waals surface area contributed by atoms with E-state index in [-0.39, 0.29) is 10.7 Å². The van der Waals surface area contributed by atoms with Crippen molar-refractivity contribution in [2.45, 2.75) is 11.4 Å². The molecule has 1 heterocycles. The van der Waals surface area contributed by atoms with Crippen LogP contribution in [0.2, 0.25) is 0 Å². The minimum atomic E-state index is -3.54. The average Bonchev–Trinajstić information content (AvgIpc) is 2.68. The van der Waals surface area contributed by atoms with Crippen LogP contribution in [-0.4, -0.2) is 58.0 Å². The lowest BCUT2D eigenvalue weighted by Crippen LogP contribution is -2.48. The molecule has 6 nitrogen and oxygen atoms in total. The molecule has 0 atom stereocenters. The molecule has 8 heteroatoms. The molecule has 2 aromatic carbocycles. The second-order valence-corrected chi connectivity index (χ2v) is 8.25. The normalized spacial score (nSPS) is 16.3. The van der Waals surface area contributed by atoms with Crippen LogP contribution in [-0.2, 0) is 16.6 Å². The molecule has 1 fully saturated rings. The maximum absolute atomic E-state index is 13.5. The fourth-order valence-corrected chi connectivity index (χ4v) is 4.56. The van der Waals surface area contributed by atoms with Gasteiger partial charge in [-0.1, -0.05) is 0 Å². The Kier molecular flexibility index (Phi) is 5.98. The topological polar surface area (TPSA) is 59.1 Å². The second-order valence-electron chi connectivity index (χ2n) is 6.31. The first-order valence-corrected chi connectivity index (χ1v) is 10.1. The number of benzene rings is 2. The van der Waals surface area contributed by atoms with Crippen LogP contribution in [0.4, 0.5) is 4.39 Å². The van der Waals surface area contributed by atoms with Crippen molar-refractivity contribution in [2.75, 3.05) is 40.4 Å². The summed E-state index contributed by atoms with van der Waals surface area (Å²) in [6, 6.07) is 10.8. The highest BCUT2D eigenvalue weighted by atomic mass is 32.2. The van der Waals surface area contributed by atoms with Gasteiger partial charge < -0.3 is 9.47 Å². The Hall–Kier alpha value is -2.16. The molecule has 146 valence electrons. The number of piperazine rings is 1. The zero-order chi connectivity index (χ0) is 19.4. The van der Waals surface area contributed by atoms with Crippen molar-refractivity contribution in [3.05, 3.63) is 53.8 Å². The van der Waals surface area contributed by atoms with Crippen LogP contribution < -0.4 is 9.47 Å². The van der Waals surface area contributed by atoms with Gasteiger partial charge in [-0.2, -0.15) is 4.31 Å². The van der Waals surface area contributed by atoms with Crippen LogP contribution in [0.5, 0.6) is 11.5 Å². The van der Waals surface area contributed by atoms with Gasteiger partial charge in [0, 0.05) is 38.3 Å². The molecule has 0 spiro atoms. The van der Waals surface area contributed by atoms with Crippen molar-refractivity contribution in [3.63, 3.8) is 0 Å². The fourth-order valence-electron chi connectivity index (χ4n) is 3.14. The summed E-state index contributed by atoms with van der Waals surface area (Å²) in [6.45, 7) is 2.40. The van der Waals surface area contributed by atoms with E-state index in [4.69, 9.17) is 9.47 Å². The quantitative estimate of drug-likeness (QED) is 0.753. The Balaban J connectivity index is 1.65. The Labute approximate surface area is 159 Å². The van der Waals surface area contributed by atoms with Gasteiger partial charge in [-0.05, 0) is 42.5 Å². The fraction of sp³-hybridized carbons (Fsp3) is 0.368. The molecular weight excluding hydrogens is 371 g/mol. The van der Waals surface area contributed by atoms with Gasteiger partial charge in [0.1, 0.15) is 17.3 Å². The van der Waals surface area contributed by atoms with Crippen molar-refractivity contribution in [3.8, 4) is 11.5 Å². The SMILES string of the molecule is COc1ccc(S(=O)(=O)N2CCN(Cc3cc(F)ccc3OC)CC2)cc1. The zero-order valence-corrected chi connectivity index (χ0v) is 16.2. The van der Waals surface area contributed by atoms with Gasteiger partial charge in [0.2, 0.25) is 10.0 Å². The molecule has 1 aliphatic heterocycles. The highest BCUT2D eigenvalue weighted by molar-refractivity contribution is 7.89. The number of ether oxygens (including phenoxy) is 2. The van der Waals surface area contributed by atoms with Crippen LogP contribution in [0.1, 0.15) is 5.56 Å². The van der Waals surface area contributed by atoms with E-state index in [0.29, 0.717) is 44.2 Å². The predicted molar refractivity (Wildman–Crippen MR) is 100.0 cm³/mol. The summed E-state index contributed by atoms with van der Waals surface area (Å²) in [6.07, 6.45) is 0. The monoisotopic (exact) mass is 394 g/mol. The van der Waals surface area contributed by atoms with Gasteiger partial charge in [0.15, 0.2) is 0 Å². The Morgan fingerprint density at radius 3 is 2.22 bits per heavy atom. The van der Waals surface area contributed by atoms with E-state index in [9.17, 15) is 12.8 Å². The predicted octanol–water partition coefficient (Wildman–Crippen LogP) is 2.35. The Morgan fingerprint density at radius 2 is 1.63 bits per heavy atom. The number of rotatable bonds is 6. The molecule has 3 rings (SSSR count). The van der Waals surface area contributed by atoms with Gasteiger partial charge in [0.25, 0.3) is 0 Å². The highest BCUT2D eigenvalue weighted by Crippen LogP contribution is 2.24. The summed E-state index contributed by atoms with van der Waals surface area (Å²) in [4.78, 5) is 2.35. The first kappa shape index (κ1) is 19.6. The lowest BCUT2D eigenvalue weighted by atomic mass is 10.1. The van der Waals surface area contributed by atoms with Crippen LogP contribution >= 0.6 is 0 Å². The molecule has 0 amide bonds. The van der Waals surface area contributed by atoms with E-state index in [1.807, 2.05) is 0 Å². The van der Waals surface area contributed by atoms with E-state index in [2.05, 4.69) is 4.90 Å². The Morgan fingerprint density at radius 1 is 0.963 bits per heavy atom. The molecule has 0 aliphatic carbocycles. The van der Waals surface area contributed by atoms with Crippen molar-refractivity contribution in [2.24, 2.45) is 0 Å². The van der Waals surface area contributed by atoms with Crippen LogP contribution in [0.15, 0.2) is 47.4 Å². The Bertz CT molecular complexity index is 879. The smallest absolute Gasteiger partial charge is 0.243 e. The average molecular weight is 394 g/mol. The standard InChI is InChI=1S/C19H23FN2O4S/c1-25-17-4-6-18(7-5-17)27(23,24)22-11-9-21(10-12-22)14-15-13-16(20)3-8-19(15)26-2/h3-8,13H,9-12,14H2,1-2H3. The molecule has 0 N–H and O–H groups in total. The molecule has 0 aromatic heterocycles. The molecule has 0 radical (unpaired) electrons. The lowest BCUT2D eigenvalue weighted by molar-refractivity contribution is 0.180. The maximum Gasteiger partial charge on any atom is 0.243 e. The van der Waals surface area contributed by atoms with Crippen LogP contribution in [0.25, 0.3) is 0 Å². The van der Waals surface area contributed by atoms with E-state index in [1.165, 1.54) is 23.5 Å². The third kappa shape index (κ3) is 4.40. The molecule has 2 aromatic rings. The second kappa shape index (κ2) is 8.24. The van der Waals surface area contributed by atoms with Crippen LogP contribution in [0.3, 0.4) is 0 Å². The van der Waals surface area contributed by atoms with Gasteiger partial charge in [0.05, 0.1) is 19.1 Å². The summed E-state index contributed by atoms with van der Waals surface area (Å²) < 4.78 is 51.0. The van der Waals surface area contributed by atoms with Crippen molar-refractivity contribution in [1.29, 1.82) is 0 Å². The number of nitrogens with zero attached hydrogens (tertiary/aromatic N) is 2. The lowest BCUT2D eigenvalue weighted by Gasteiger charge is -2.34. The number of hydrogen-bond acceptors (Lipinski definition) is 5. The zero-order valence-electron chi connectivity index (χ0n) is 15.4. The number of halogens is 1. The van der Waals surface area contributed by atoms with E-state index < -0.39 is 10.0 Å². The summed E-state index contributed by atoms with van der Waals surface area (Å²) >= 11 is 0. The van der Waals surface area contributed by atoms with E-state index in [0.717, 1.165) is 5.56 Å².